The lowest BCUT2D eigenvalue weighted by Crippen LogP contribution is -3.10. The summed E-state index contributed by atoms with van der Waals surface area (Å²) in [4.78, 5) is 17.3. The maximum absolute atomic E-state index is 12.0. The predicted octanol–water partition coefficient (Wildman–Crippen LogP) is 2.34. The van der Waals surface area contributed by atoms with Gasteiger partial charge in [-0.05, 0) is 24.1 Å². The zero-order chi connectivity index (χ0) is 17.4. The summed E-state index contributed by atoms with van der Waals surface area (Å²) in [5.74, 6) is 0.625. The molecule has 1 aliphatic rings. The van der Waals surface area contributed by atoms with Crippen LogP contribution in [0.2, 0.25) is 5.02 Å². The van der Waals surface area contributed by atoms with E-state index in [1.165, 1.54) is 11.0 Å². The van der Waals surface area contributed by atoms with Crippen LogP contribution in [-0.2, 0) is 19.5 Å². The minimum absolute atomic E-state index is 0.340. The minimum atomic E-state index is -0.340. The molecule has 3 heterocycles. The molecule has 128 valence electrons. The molecule has 0 saturated carbocycles. The lowest BCUT2D eigenvalue weighted by molar-refractivity contribution is -0.945. The molecular weight excluding hydrogens is 340 g/mol. The first-order valence-electron chi connectivity index (χ1n) is 8.29. The summed E-state index contributed by atoms with van der Waals surface area (Å²) in [7, 11) is 0. The zero-order valence-corrected chi connectivity index (χ0v) is 14.6. The molecule has 1 atom stereocenters. The predicted molar refractivity (Wildman–Crippen MR) is 95.0 cm³/mol. The van der Waals surface area contributed by atoms with E-state index in [0.29, 0.717) is 29.6 Å². The molecule has 0 bridgehead atoms. The van der Waals surface area contributed by atoms with E-state index in [4.69, 9.17) is 20.8 Å². The molecule has 0 saturated heterocycles. The van der Waals surface area contributed by atoms with Gasteiger partial charge in [-0.15, -0.1) is 0 Å². The first kappa shape index (κ1) is 16.1. The number of pyridine rings is 1. The van der Waals surface area contributed by atoms with Crippen molar-refractivity contribution in [3.63, 3.8) is 0 Å². The van der Waals surface area contributed by atoms with Crippen molar-refractivity contribution in [2.24, 2.45) is 0 Å². The first-order chi connectivity index (χ1) is 12.2. The molecule has 1 aliphatic heterocycles. The normalized spacial score (nSPS) is 16.5. The summed E-state index contributed by atoms with van der Waals surface area (Å²) in [5.41, 5.74) is 3.18. The van der Waals surface area contributed by atoms with E-state index in [1.807, 2.05) is 31.3 Å². The van der Waals surface area contributed by atoms with Crippen LogP contribution < -0.4 is 15.3 Å². The number of quaternary nitrogens is 1. The average Bonchev–Trinajstić information content (AvgIpc) is 2.63. The highest BCUT2D eigenvalue weighted by molar-refractivity contribution is 6.33. The second-order valence-corrected chi connectivity index (χ2v) is 6.65. The number of aryl methyl sites for hydroxylation is 1. The second kappa shape index (κ2) is 6.50. The number of nitrogens with zero attached hydrogens (tertiary/aromatic N) is 1. The van der Waals surface area contributed by atoms with E-state index >= 15 is 0 Å². The van der Waals surface area contributed by atoms with Crippen LogP contribution in [0.4, 0.5) is 0 Å². The number of hydrogen-bond donors (Lipinski definition) is 1. The molecule has 25 heavy (non-hydrogen) atoms. The lowest BCUT2D eigenvalue weighted by Gasteiger charge is -2.27. The van der Waals surface area contributed by atoms with Crippen molar-refractivity contribution < 1.29 is 14.1 Å². The number of hydrogen-bond acceptors (Lipinski definition) is 4. The van der Waals surface area contributed by atoms with E-state index < -0.39 is 0 Å². The van der Waals surface area contributed by atoms with Gasteiger partial charge in [0.2, 0.25) is 6.73 Å². The molecule has 0 amide bonds. The second-order valence-electron chi connectivity index (χ2n) is 6.24. The van der Waals surface area contributed by atoms with Crippen LogP contribution in [-0.4, -0.2) is 11.7 Å². The highest BCUT2D eigenvalue weighted by Crippen LogP contribution is 2.37. The van der Waals surface area contributed by atoms with Crippen molar-refractivity contribution in [3.05, 3.63) is 68.8 Å². The molecule has 1 unspecified atom stereocenters. The van der Waals surface area contributed by atoms with Gasteiger partial charge >= 0.3 is 5.63 Å². The first-order valence-corrected chi connectivity index (χ1v) is 8.67. The van der Waals surface area contributed by atoms with E-state index in [0.717, 1.165) is 35.0 Å². The van der Waals surface area contributed by atoms with E-state index in [-0.39, 0.29) is 5.63 Å². The molecule has 3 aromatic rings. The Balaban J connectivity index is 1.78. The Kier molecular flexibility index (Phi) is 4.19. The largest absolute Gasteiger partial charge is 0.443 e. The third kappa shape index (κ3) is 3.01. The topological polar surface area (TPSA) is 56.8 Å². The molecule has 0 spiro atoms. The standard InChI is InChI=1S/C19H17ClN2O3/c1-2-13-6-17(23)25-18-14(13)7-16(20)19-15(18)10-22(11-24-19)9-12-4-3-5-21-8-12/h3-8H,2,9-11H2,1H3/p+1. The van der Waals surface area contributed by atoms with Gasteiger partial charge in [-0.25, -0.2) is 4.79 Å². The SMILES string of the molecule is CCc1cc(=O)oc2c3c(c(Cl)cc12)OC[NH+](Cc1cccnc1)C3. The Morgan fingerprint density at radius 3 is 3.00 bits per heavy atom. The summed E-state index contributed by atoms with van der Waals surface area (Å²) in [6.07, 6.45) is 4.35. The fourth-order valence-corrected chi connectivity index (χ4v) is 3.64. The Labute approximate surface area is 149 Å². The summed E-state index contributed by atoms with van der Waals surface area (Å²) in [6, 6.07) is 7.34. The van der Waals surface area contributed by atoms with Crippen molar-refractivity contribution in [2.45, 2.75) is 26.4 Å². The number of benzene rings is 1. The molecule has 1 N–H and O–H groups in total. The van der Waals surface area contributed by atoms with Crippen molar-refractivity contribution in [1.82, 2.24) is 4.98 Å². The van der Waals surface area contributed by atoms with Crippen LogP contribution in [0.1, 0.15) is 23.6 Å². The molecule has 0 aliphatic carbocycles. The van der Waals surface area contributed by atoms with Crippen LogP contribution in [0.25, 0.3) is 11.0 Å². The molecule has 0 fully saturated rings. The highest BCUT2D eigenvalue weighted by Gasteiger charge is 2.27. The molecule has 4 rings (SSSR count). The quantitative estimate of drug-likeness (QED) is 0.731. The van der Waals surface area contributed by atoms with Crippen molar-refractivity contribution >= 4 is 22.6 Å². The van der Waals surface area contributed by atoms with Crippen molar-refractivity contribution in [3.8, 4) is 5.75 Å². The minimum Gasteiger partial charge on any atom is -0.443 e. The Hall–Kier alpha value is -2.37. The van der Waals surface area contributed by atoms with Gasteiger partial charge in [0.15, 0.2) is 11.3 Å². The molecule has 1 aromatic carbocycles. The maximum atomic E-state index is 12.0. The summed E-state index contributed by atoms with van der Waals surface area (Å²) in [6.45, 7) is 3.97. The van der Waals surface area contributed by atoms with E-state index in [2.05, 4.69) is 4.98 Å². The Bertz CT molecular complexity index is 985. The molecule has 2 aromatic heterocycles. The van der Waals surface area contributed by atoms with Crippen LogP contribution in [0.3, 0.4) is 0 Å². The fourth-order valence-electron chi connectivity index (χ4n) is 3.36. The Morgan fingerprint density at radius 1 is 1.36 bits per heavy atom. The van der Waals surface area contributed by atoms with Gasteiger partial charge in [-0.3, -0.25) is 9.88 Å². The maximum Gasteiger partial charge on any atom is 0.336 e. The fraction of sp³-hybridized carbons (Fsp3) is 0.263. The summed E-state index contributed by atoms with van der Waals surface area (Å²) in [5, 5.41) is 1.45. The third-order valence-electron chi connectivity index (χ3n) is 4.53. The van der Waals surface area contributed by atoms with Gasteiger partial charge in [0.25, 0.3) is 0 Å². The number of nitrogens with one attached hydrogen (secondary N) is 1. The highest BCUT2D eigenvalue weighted by atomic mass is 35.5. The van der Waals surface area contributed by atoms with Crippen LogP contribution >= 0.6 is 11.6 Å². The van der Waals surface area contributed by atoms with Gasteiger partial charge in [0.1, 0.15) is 13.1 Å². The molecule has 5 nitrogen and oxygen atoms in total. The van der Waals surface area contributed by atoms with Gasteiger partial charge in [0, 0.05) is 29.4 Å². The van der Waals surface area contributed by atoms with Crippen molar-refractivity contribution in [2.75, 3.05) is 6.73 Å². The third-order valence-corrected chi connectivity index (χ3v) is 4.81. The van der Waals surface area contributed by atoms with E-state index in [9.17, 15) is 4.79 Å². The summed E-state index contributed by atoms with van der Waals surface area (Å²) < 4.78 is 11.4. The van der Waals surface area contributed by atoms with Crippen LogP contribution in [0.5, 0.6) is 5.75 Å². The van der Waals surface area contributed by atoms with Crippen molar-refractivity contribution in [1.29, 1.82) is 0 Å². The van der Waals surface area contributed by atoms with Gasteiger partial charge in [0.05, 0.1) is 10.6 Å². The number of fused-ring (bicyclic) bond motifs is 3. The Morgan fingerprint density at radius 2 is 2.24 bits per heavy atom. The molecule has 6 heteroatoms. The zero-order valence-electron chi connectivity index (χ0n) is 13.8. The van der Waals surface area contributed by atoms with Crippen LogP contribution in [0.15, 0.2) is 45.9 Å². The number of aromatic nitrogens is 1. The number of rotatable bonds is 3. The summed E-state index contributed by atoms with van der Waals surface area (Å²) >= 11 is 6.43. The molecular formula is C19H18ClN2O3+. The molecule has 0 radical (unpaired) electrons. The van der Waals surface area contributed by atoms with Gasteiger partial charge < -0.3 is 9.15 Å². The van der Waals surface area contributed by atoms with Gasteiger partial charge in [-0.2, -0.15) is 0 Å². The van der Waals surface area contributed by atoms with Crippen LogP contribution in [0, 0.1) is 0 Å². The smallest absolute Gasteiger partial charge is 0.336 e. The monoisotopic (exact) mass is 357 g/mol. The van der Waals surface area contributed by atoms with Gasteiger partial charge in [-0.1, -0.05) is 24.6 Å². The average molecular weight is 358 g/mol. The number of halogens is 1. The number of ether oxygens (including phenoxy) is 1. The van der Waals surface area contributed by atoms with E-state index in [1.54, 1.807) is 6.20 Å². The lowest BCUT2D eigenvalue weighted by atomic mass is 10.0.